The lowest BCUT2D eigenvalue weighted by molar-refractivity contribution is 0.0858. The van der Waals surface area contributed by atoms with E-state index >= 15 is 0 Å². The summed E-state index contributed by atoms with van der Waals surface area (Å²) in [5.74, 6) is 0.712. The minimum absolute atomic E-state index is 0.516. The van der Waals surface area contributed by atoms with Crippen LogP contribution in [-0.2, 0) is 11.2 Å². The molecule has 0 amide bonds. The lowest BCUT2D eigenvalue weighted by atomic mass is 9.81. The van der Waals surface area contributed by atoms with Gasteiger partial charge in [0.15, 0.2) is 0 Å². The first kappa shape index (κ1) is 12.2. The molecule has 2 fully saturated rings. The molecule has 18 heavy (non-hydrogen) atoms. The highest BCUT2D eigenvalue weighted by molar-refractivity contribution is 5.16. The fraction of sp³-hybridized carbons (Fsp3) is 0.625. The van der Waals surface area contributed by atoms with Gasteiger partial charge in [0.05, 0.1) is 12.2 Å². The van der Waals surface area contributed by atoms with Crippen molar-refractivity contribution in [2.24, 2.45) is 5.92 Å². The molecule has 2 heteroatoms. The quantitative estimate of drug-likeness (QED) is 0.861. The summed E-state index contributed by atoms with van der Waals surface area (Å²) in [7, 11) is 0. The van der Waals surface area contributed by atoms with Crippen LogP contribution in [0.2, 0.25) is 0 Å². The molecule has 0 aromatic heterocycles. The molecular formula is C16H23NO. The van der Waals surface area contributed by atoms with Crippen molar-refractivity contribution in [1.82, 2.24) is 5.32 Å². The second kappa shape index (κ2) is 5.41. The molecule has 0 spiro atoms. The van der Waals surface area contributed by atoms with Gasteiger partial charge in [-0.05, 0) is 37.8 Å². The molecule has 3 rings (SSSR count). The van der Waals surface area contributed by atoms with E-state index in [1.54, 1.807) is 0 Å². The Morgan fingerprint density at radius 1 is 1.28 bits per heavy atom. The fourth-order valence-electron chi connectivity index (χ4n) is 3.61. The Morgan fingerprint density at radius 2 is 2.11 bits per heavy atom. The molecule has 4 unspecified atom stereocenters. The Hall–Kier alpha value is -0.860. The number of ether oxygens (including phenoxy) is 1. The molecule has 0 saturated carbocycles. The van der Waals surface area contributed by atoms with E-state index in [4.69, 9.17) is 4.74 Å². The van der Waals surface area contributed by atoms with Crippen LogP contribution in [0.15, 0.2) is 30.3 Å². The van der Waals surface area contributed by atoms with Gasteiger partial charge in [0.1, 0.15) is 0 Å². The van der Waals surface area contributed by atoms with Crippen LogP contribution in [0.5, 0.6) is 0 Å². The van der Waals surface area contributed by atoms with Gasteiger partial charge in [-0.2, -0.15) is 0 Å². The van der Waals surface area contributed by atoms with Gasteiger partial charge in [0, 0.05) is 12.0 Å². The highest BCUT2D eigenvalue weighted by Gasteiger charge is 2.43. The molecule has 0 aliphatic carbocycles. The van der Waals surface area contributed by atoms with Crippen LogP contribution in [0, 0.1) is 5.92 Å². The molecule has 0 radical (unpaired) electrons. The van der Waals surface area contributed by atoms with Crippen LogP contribution >= 0.6 is 0 Å². The number of rotatable bonds is 5. The third-order valence-corrected chi connectivity index (χ3v) is 4.43. The summed E-state index contributed by atoms with van der Waals surface area (Å²) in [4.78, 5) is 0. The molecule has 1 N–H and O–H groups in total. The maximum absolute atomic E-state index is 6.01. The monoisotopic (exact) mass is 245 g/mol. The predicted molar refractivity (Wildman–Crippen MR) is 73.6 cm³/mol. The van der Waals surface area contributed by atoms with Gasteiger partial charge < -0.3 is 10.1 Å². The zero-order valence-corrected chi connectivity index (χ0v) is 11.1. The van der Waals surface area contributed by atoms with Gasteiger partial charge in [-0.25, -0.2) is 0 Å². The summed E-state index contributed by atoms with van der Waals surface area (Å²) >= 11 is 0. The Bertz CT molecular complexity index is 378. The van der Waals surface area contributed by atoms with Gasteiger partial charge >= 0.3 is 0 Å². The normalized spacial score (nSPS) is 31.7. The summed E-state index contributed by atoms with van der Waals surface area (Å²) < 4.78 is 6.01. The smallest absolute Gasteiger partial charge is 0.0623 e. The lowest BCUT2D eigenvalue weighted by Crippen LogP contribution is -2.42. The van der Waals surface area contributed by atoms with Gasteiger partial charge in [0.2, 0.25) is 0 Å². The van der Waals surface area contributed by atoms with Crippen LogP contribution in [0.3, 0.4) is 0 Å². The first-order chi connectivity index (χ1) is 8.86. The SMILES string of the molecule is CCNC(Cc1ccccc1)C1CC2CCC1O2. The van der Waals surface area contributed by atoms with Crippen LogP contribution in [-0.4, -0.2) is 24.8 Å². The number of fused-ring (bicyclic) bond motifs is 2. The molecule has 2 nitrogen and oxygen atoms in total. The second-order valence-corrected chi connectivity index (χ2v) is 5.63. The van der Waals surface area contributed by atoms with Crippen molar-refractivity contribution in [2.45, 2.75) is 50.9 Å². The van der Waals surface area contributed by atoms with E-state index in [1.165, 1.54) is 24.8 Å². The van der Waals surface area contributed by atoms with E-state index in [0.717, 1.165) is 13.0 Å². The average molecular weight is 245 g/mol. The fourth-order valence-corrected chi connectivity index (χ4v) is 3.61. The van der Waals surface area contributed by atoms with Crippen molar-refractivity contribution >= 4 is 0 Å². The average Bonchev–Trinajstić information content (AvgIpc) is 3.02. The first-order valence-electron chi connectivity index (χ1n) is 7.29. The molecular weight excluding hydrogens is 222 g/mol. The molecule has 1 aromatic rings. The third kappa shape index (κ3) is 2.45. The summed E-state index contributed by atoms with van der Waals surface area (Å²) in [5, 5.41) is 3.68. The number of likely N-dealkylation sites (N-methyl/N-ethyl adjacent to an activating group) is 1. The largest absolute Gasteiger partial charge is 0.375 e. The van der Waals surface area contributed by atoms with Crippen molar-refractivity contribution in [3.8, 4) is 0 Å². The molecule has 2 heterocycles. The van der Waals surface area contributed by atoms with Gasteiger partial charge in [-0.1, -0.05) is 37.3 Å². The number of nitrogens with one attached hydrogen (secondary N) is 1. The molecule has 2 aliphatic rings. The summed E-state index contributed by atoms with van der Waals surface area (Å²) in [6.45, 7) is 3.25. The van der Waals surface area contributed by atoms with Crippen molar-refractivity contribution in [2.75, 3.05) is 6.54 Å². The molecule has 1 aromatic carbocycles. The van der Waals surface area contributed by atoms with Gasteiger partial charge in [-0.15, -0.1) is 0 Å². The summed E-state index contributed by atoms with van der Waals surface area (Å²) in [6, 6.07) is 11.4. The molecule has 2 aliphatic heterocycles. The molecule has 4 atom stereocenters. The first-order valence-corrected chi connectivity index (χ1v) is 7.29. The lowest BCUT2D eigenvalue weighted by Gasteiger charge is -2.29. The highest BCUT2D eigenvalue weighted by Crippen LogP contribution is 2.41. The van der Waals surface area contributed by atoms with Crippen LogP contribution in [0.4, 0.5) is 0 Å². The number of hydrogen-bond acceptors (Lipinski definition) is 2. The molecule has 2 saturated heterocycles. The Kier molecular flexibility index (Phi) is 3.67. The molecule has 98 valence electrons. The standard InChI is InChI=1S/C16H23NO/c1-2-17-15(10-12-6-4-3-5-7-12)14-11-13-8-9-16(14)18-13/h3-7,13-17H,2,8-11H2,1H3. The predicted octanol–water partition coefficient (Wildman–Crippen LogP) is 2.77. The van der Waals surface area contributed by atoms with E-state index in [-0.39, 0.29) is 0 Å². The van der Waals surface area contributed by atoms with Crippen molar-refractivity contribution < 1.29 is 4.74 Å². The molecule has 2 bridgehead atoms. The van der Waals surface area contributed by atoms with Crippen molar-refractivity contribution in [3.63, 3.8) is 0 Å². The minimum atomic E-state index is 0.516. The third-order valence-electron chi connectivity index (χ3n) is 4.43. The maximum atomic E-state index is 6.01. The number of benzene rings is 1. The van der Waals surface area contributed by atoms with Crippen LogP contribution in [0.1, 0.15) is 31.7 Å². The van der Waals surface area contributed by atoms with E-state index in [0.29, 0.717) is 24.2 Å². The van der Waals surface area contributed by atoms with E-state index < -0.39 is 0 Å². The topological polar surface area (TPSA) is 21.3 Å². The number of hydrogen-bond donors (Lipinski definition) is 1. The van der Waals surface area contributed by atoms with E-state index in [9.17, 15) is 0 Å². The zero-order valence-electron chi connectivity index (χ0n) is 11.1. The second-order valence-electron chi connectivity index (χ2n) is 5.63. The summed E-state index contributed by atoms with van der Waals surface area (Å²) in [5.41, 5.74) is 1.44. The van der Waals surface area contributed by atoms with Crippen LogP contribution in [0.25, 0.3) is 0 Å². The van der Waals surface area contributed by atoms with E-state index in [1.807, 2.05) is 0 Å². The van der Waals surface area contributed by atoms with Gasteiger partial charge in [0.25, 0.3) is 0 Å². The van der Waals surface area contributed by atoms with Crippen LogP contribution < -0.4 is 5.32 Å². The minimum Gasteiger partial charge on any atom is -0.375 e. The maximum Gasteiger partial charge on any atom is 0.0623 e. The Labute approximate surface area is 110 Å². The zero-order chi connectivity index (χ0) is 12.4. The summed E-state index contributed by atoms with van der Waals surface area (Å²) in [6.07, 6.45) is 6.01. The van der Waals surface area contributed by atoms with Crippen molar-refractivity contribution in [1.29, 1.82) is 0 Å². The van der Waals surface area contributed by atoms with Gasteiger partial charge in [-0.3, -0.25) is 0 Å². The Morgan fingerprint density at radius 3 is 2.72 bits per heavy atom. The van der Waals surface area contributed by atoms with Crippen molar-refractivity contribution in [3.05, 3.63) is 35.9 Å². The van der Waals surface area contributed by atoms with E-state index in [2.05, 4.69) is 42.6 Å². The Balaban J connectivity index is 1.68. The highest BCUT2D eigenvalue weighted by atomic mass is 16.5.